The van der Waals surface area contributed by atoms with Gasteiger partial charge in [-0.2, -0.15) is 0 Å². The first-order valence-electron chi connectivity index (χ1n) is 7.64. The Morgan fingerprint density at radius 2 is 2.08 bits per heavy atom. The van der Waals surface area contributed by atoms with Crippen molar-refractivity contribution in [1.82, 2.24) is 4.98 Å². The van der Waals surface area contributed by atoms with Crippen LogP contribution in [-0.4, -0.2) is 23.8 Å². The summed E-state index contributed by atoms with van der Waals surface area (Å²) in [4.78, 5) is 32.3. The first-order valence-corrected chi connectivity index (χ1v) is 9.65. The van der Waals surface area contributed by atoms with E-state index in [0.29, 0.717) is 25.5 Å². The largest absolute Gasteiger partial charge is 0.321 e. The van der Waals surface area contributed by atoms with Gasteiger partial charge in [0.1, 0.15) is 5.03 Å². The number of amides is 2. The number of aromatic nitrogens is 1. The number of hydrogen-bond acceptors (Lipinski definition) is 5. The Labute approximate surface area is 163 Å². The second-order valence-corrected chi connectivity index (χ2v) is 8.31. The number of thiophene rings is 1. The highest BCUT2D eigenvalue weighted by Crippen LogP contribution is 2.41. The third-order valence-electron chi connectivity index (χ3n) is 3.89. The molecule has 0 unspecified atom stereocenters. The molecule has 8 heteroatoms. The zero-order valence-corrected chi connectivity index (χ0v) is 15.9. The molecule has 0 aliphatic carbocycles. The van der Waals surface area contributed by atoms with Gasteiger partial charge in [0.2, 0.25) is 0 Å². The summed E-state index contributed by atoms with van der Waals surface area (Å²) in [7, 11) is 1.73. The van der Waals surface area contributed by atoms with Crippen LogP contribution in [0.5, 0.6) is 0 Å². The Kier molecular flexibility index (Phi) is 4.44. The van der Waals surface area contributed by atoms with Crippen molar-refractivity contribution in [3.8, 4) is 0 Å². The number of fused-ring (bicyclic) bond motifs is 2. The van der Waals surface area contributed by atoms with Crippen molar-refractivity contribution in [3.63, 3.8) is 0 Å². The summed E-state index contributed by atoms with van der Waals surface area (Å²) in [5, 5.41) is 3.52. The Morgan fingerprint density at radius 1 is 1.23 bits per heavy atom. The van der Waals surface area contributed by atoms with Gasteiger partial charge < -0.3 is 10.2 Å². The number of pyridine rings is 1. The van der Waals surface area contributed by atoms with Crippen molar-refractivity contribution < 1.29 is 9.59 Å². The van der Waals surface area contributed by atoms with Crippen LogP contribution in [0.15, 0.2) is 58.6 Å². The highest BCUT2D eigenvalue weighted by molar-refractivity contribution is 7.99. The number of halogens is 1. The number of nitrogens with one attached hydrogen (secondary N) is 1. The molecule has 1 aliphatic rings. The monoisotopic (exact) mass is 401 g/mol. The van der Waals surface area contributed by atoms with Crippen LogP contribution < -0.4 is 10.2 Å². The summed E-state index contributed by atoms with van der Waals surface area (Å²) < 4.78 is 0.565. The third-order valence-corrected chi connectivity index (χ3v) is 6.18. The van der Waals surface area contributed by atoms with E-state index in [9.17, 15) is 9.59 Å². The van der Waals surface area contributed by atoms with Gasteiger partial charge in [-0.3, -0.25) is 9.59 Å². The third kappa shape index (κ3) is 3.09. The Balaban J connectivity index is 1.68. The lowest BCUT2D eigenvalue weighted by Crippen LogP contribution is -2.26. The molecule has 130 valence electrons. The summed E-state index contributed by atoms with van der Waals surface area (Å²) in [5.41, 5.74) is 1.98. The zero-order valence-electron chi connectivity index (χ0n) is 13.5. The highest BCUT2D eigenvalue weighted by Gasteiger charge is 2.25. The maximum atomic E-state index is 12.6. The van der Waals surface area contributed by atoms with E-state index in [1.165, 1.54) is 23.1 Å². The summed E-state index contributed by atoms with van der Waals surface area (Å²) >= 11 is 8.52. The van der Waals surface area contributed by atoms with Crippen molar-refractivity contribution in [3.05, 3.63) is 63.4 Å². The molecule has 2 aromatic heterocycles. The van der Waals surface area contributed by atoms with E-state index in [4.69, 9.17) is 11.6 Å². The molecule has 0 spiro atoms. The minimum absolute atomic E-state index is 0.107. The summed E-state index contributed by atoms with van der Waals surface area (Å²) in [6, 6.07) is 12.3. The number of carbonyl (C=O) groups excluding carboxylic acids is 2. The second-order valence-electron chi connectivity index (χ2n) is 5.56. The zero-order chi connectivity index (χ0) is 18.3. The quantitative estimate of drug-likeness (QED) is 0.670. The van der Waals surface area contributed by atoms with Crippen LogP contribution >= 0.6 is 34.7 Å². The molecule has 2 amide bonds. The lowest BCUT2D eigenvalue weighted by molar-refractivity contribution is 0.0988. The van der Waals surface area contributed by atoms with E-state index in [2.05, 4.69) is 10.3 Å². The Bertz CT molecular complexity index is 1030. The SMILES string of the molecule is CN1C(=O)c2cccnc2Sc2cc(NC(=O)c3ccc(Cl)s3)ccc21. The van der Waals surface area contributed by atoms with Gasteiger partial charge in [0, 0.05) is 23.8 Å². The highest BCUT2D eigenvalue weighted by atomic mass is 35.5. The molecule has 0 radical (unpaired) electrons. The lowest BCUT2D eigenvalue weighted by Gasteiger charge is -2.18. The van der Waals surface area contributed by atoms with Gasteiger partial charge in [-0.15, -0.1) is 11.3 Å². The molecule has 0 atom stereocenters. The number of carbonyl (C=O) groups is 2. The molecule has 0 saturated heterocycles. The molecule has 3 aromatic rings. The number of hydrogen-bond donors (Lipinski definition) is 1. The average molecular weight is 402 g/mol. The number of rotatable bonds is 2. The molecule has 0 saturated carbocycles. The molecule has 1 N–H and O–H groups in total. The normalized spacial score (nSPS) is 13.0. The van der Waals surface area contributed by atoms with E-state index in [1.54, 1.807) is 48.5 Å². The van der Waals surface area contributed by atoms with E-state index in [1.807, 2.05) is 12.1 Å². The van der Waals surface area contributed by atoms with Crippen LogP contribution in [0, 0.1) is 0 Å². The van der Waals surface area contributed by atoms with Crippen LogP contribution in [0.25, 0.3) is 0 Å². The van der Waals surface area contributed by atoms with Gasteiger partial charge in [0.15, 0.2) is 0 Å². The van der Waals surface area contributed by atoms with Crippen LogP contribution in [-0.2, 0) is 0 Å². The summed E-state index contributed by atoms with van der Waals surface area (Å²) in [5.74, 6) is -0.326. The minimum Gasteiger partial charge on any atom is -0.321 e. The van der Waals surface area contributed by atoms with Crippen LogP contribution in [0.1, 0.15) is 20.0 Å². The molecule has 0 bridgehead atoms. The van der Waals surface area contributed by atoms with Crippen molar-refractivity contribution in [1.29, 1.82) is 0 Å². The van der Waals surface area contributed by atoms with Crippen LogP contribution in [0.4, 0.5) is 11.4 Å². The van der Waals surface area contributed by atoms with E-state index >= 15 is 0 Å². The Hall–Kier alpha value is -2.35. The first-order chi connectivity index (χ1) is 12.5. The van der Waals surface area contributed by atoms with Crippen molar-refractivity contribution in [2.45, 2.75) is 9.92 Å². The maximum Gasteiger partial charge on any atom is 0.265 e. The fraction of sp³-hybridized carbons (Fsp3) is 0.0556. The predicted octanol–water partition coefficient (Wildman–Crippen LogP) is 4.79. The smallest absolute Gasteiger partial charge is 0.265 e. The second kappa shape index (κ2) is 6.75. The average Bonchev–Trinajstić information content (AvgIpc) is 3.04. The minimum atomic E-state index is -0.219. The molecular weight excluding hydrogens is 390 g/mol. The Morgan fingerprint density at radius 3 is 2.85 bits per heavy atom. The fourth-order valence-electron chi connectivity index (χ4n) is 2.61. The van der Waals surface area contributed by atoms with E-state index in [-0.39, 0.29) is 11.8 Å². The van der Waals surface area contributed by atoms with Crippen LogP contribution in [0.2, 0.25) is 4.34 Å². The number of nitrogens with zero attached hydrogens (tertiary/aromatic N) is 2. The van der Waals surface area contributed by atoms with Gasteiger partial charge >= 0.3 is 0 Å². The summed E-state index contributed by atoms with van der Waals surface area (Å²) in [6.45, 7) is 0. The standard InChI is InChI=1S/C18H12ClN3O2S2/c1-22-12-5-4-10(21-16(23)13-6-7-15(19)25-13)9-14(12)26-17-11(18(22)24)3-2-8-20-17/h2-9H,1H3,(H,21,23). The molecule has 26 heavy (non-hydrogen) atoms. The van der Waals surface area contributed by atoms with Crippen molar-refractivity contribution in [2.24, 2.45) is 0 Å². The number of benzene rings is 1. The number of anilines is 2. The molecule has 4 rings (SSSR count). The molecule has 1 aliphatic heterocycles. The first kappa shape index (κ1) is 17.1. The topological polar surface area (TPSA) is 62.3 Å². The van der Waals surface area contributed by atoms with E-state index in [0.717, 1.165) is 10.6 Å². The van der Waals surface area contributed by atoms with Gasteiger partial charge in [-0.1, -0.05) is 23.4 Å². The van der Waals surface area contributed by atoms with Crippen molar-refractivity contribution >= 4 is 57.9 Å². The molecule has 3 heterocycles. The molecule has 5 nitrogen and oxygen atoms in total. The molecule has 0 fully saturated rings. The van der Waals surface area contributed by atoms with Gasteiger partial charge in [0.25, 0.3) is 11.8 Å². The van der Waals surface area contributed by atoms with Gasteiger partial charge in [-0.05, 0) is 42.5 Å². The molecular formula is C18H12ClN3O2S2. The van der Waals surface area contributed by atoms with Crippen LogP contribution in [0.3, 0.4) is 0 Å². The summed E-state index contributed by atoms with van der Waals surface area (Å²) in [6.07, 6.45) is 1.66. The van der Waals surface area contributed by atoms with Crippen molar-refractivity contribution in [2.75, 3.05) is 17.3 Å². The lowest BCUT2D eigenvalue weighted by atomic mass is 10.2. The molecule has 1 aromatic carbocycles. The van der Waals surface area contributed by atoms with Gasteiger partial charge in [0.05, 0.1) is 20.5 Å². The van der Waals surface area contributed by atoms with E-state index < -0.39 is 0 Å². The fourth-order valence-corrected chi connectivity index (χ4v) is 4.63. The predicted molar refractivity (Wildman–Crippen MR) is 105 cm³/mol. The van der Waals surface area contributed by atoms with Gasteiger partial charge in [-0.25, -0.2) is 4.98 Å². The maximum absolute atomic E-state index is 12.6.